The molecule has 0 N–H and O–H groups in total. The van der Waals surface area contributed by atoms with Gasteiger partial charge in [-0.1, -0.05) is 90.0 Å². The van der Waals surface area contributed by atoms with E-state index in [1.165, 1.54) is 22.3 Å². The van der Waals surface area contributed by atoms with Crippen LogP contribution in [-0.2, 0) is 11.3 Å². The third-order valence-corrected chi connectivity index (χ3v) is 7.05. The fourth-order valence-corrected chi connectivity index (χ4v) is 5.54. The highest BCUT2D eigenvalue weighted by molar-refractivity contribution is 5.86. The van der Waals surface area contributed by atoms with Gasteiger partial charge < -0.3 is 14.4 Å². The van der Waals surface area contributed by atoms with Gasteiger partial charge in [0.2, 0.25) is 0 Å². The van der Waals surface area contributed by atoms with Crippen molar-refractivity contribution in [3.8, 4) is 5.75 Å². The molecule has 4 aromatic carbocycles. The van der Waals surface area contributed by atoms with Gasteiger partial charge in [0.05, 0.1) is 6.54 Å². The van der Waals surface area contributed by atoms with E-state index < -0.39 is 5.60 Å². The average Bonchev–Trinajstić information content (AvgIpc) is 2.86. The minimum Gasteiger partial charge on any atom is -0.488 e. The second kappa shape index (κ2) is 10.5. The van der Waals surface area contributed by atoms with E-state index in [9.17, 15) is 4.79 Å². The van der Waals surface area contributed by atoms with Crippen molar-refractivity contribution in [3.63, 3.8) is 0 Å². The summed E-state index contributed by atoms with van der Waals surface area (Å²) < 4.78 is 12.4. The van der Waals surface area contributed by atoms with Crippen molar-refractivity contribution < 1.29 is 14.3 Å². The Hall–Kier alpha value is -3.79. The number of carbonyl (C=O) groups is 1. The van der Waals surface area contributed by atoms with E-state index in [1.807, 2.05) is 56.0 Å². The first kappa shape index (κ1) is 25.8. The van der Waals surface area contributed by atoms with E-state index in [4.69, 9.17) is 9.47 Å². The van der Waals surface area contributed by atoms with Crippen LogP contribution in [-0.4, -0.2) is 29.2 Å². The predicted molar refractivity (Wildman–Crippen MR) is 154 cm³/mol. The maximum Gasteiger partial charge on any atom is 0.410 e. The molecule has 2 atom stereocenters. The number of nitrogens with zero attached hydrogens (tertiary/aromatic N) is 1. The van der Waals surface area contributed by atoms with Crippen molar-refractivity contribution in [1.82, 2.24) is 4.90 Å². The van der Waals surface area contributed by atoms with Gasteiger partial charge in [-0.05, 0) is 69.0 Å². The molecule has 0 aliphatic carbocycles. The number of amides is 1. The summed E-state index contributed by atoms with van der Waals surface area (Å²) in [5.41, 5.74) is 5.51. The van der Waals surface area contributed by atoms with Gasteiger partial charge in [-0.2, -0.15) is 0 Å². The van der Waals surface area contributed by atoms with Gasteiger partial charge >= 0.3 is 6.09 Å². The Morgan fingerprint density at radius 2 is 1.61 bits per heavy atom. The zero-order valence-electron chi connectivity index (χ0n) is 23.0. The topological polar surface area (TPSA) is 38.8 Å². The fraction of sp³-hybridized carbons (Fsp3) is 0.324. The first-order valence-corrected chi connectivity index (χ1v) is 13.4. The van der Waals surface area contributed by atoms with Crippen LogP contribution >= 0.6 is 0 Å². The molecule has 0 saturated carbocycles. The molecule has 0 fully saturated rings. The molecule has 1 amide bonds. The van der Waals surface area contributed by atoms with E-state index in [2.05, 4.69) is 68.4 Å². The molecule has 4 heteroatoms. The highest BCUT2D eigenvalue weighted by Crippen LogP contribution is 2.41. The lowest BCUT2D eigenvalue weighted by Crippen LogP contribution is -2.43. The molecule has 4 aromatic rings. The van der Waals surface area contributed by atoms with Crippen LogP contribution < -0.4 is 4.74 Å². The van der Waals surface area contributed by atoms with Gasteiger partial charge in [-0.25, -0.2) is 4.79 Å². The van der Waals surface area contributed by atoms with Gasteiger partial charge in [0.1, 0.15) is 17.5 Å². The number of fused-ring (bicyclic) bond motifs is 2. The van der Waals surface area contributed by atoms with Crippen LogP contribution in [0.2, 0.25) is 0 Å². The molecular formula is C34H37NO3. The van der Waals surface area contributed by atoms with Crippen molar-refractivity contribution in [2.45, 2.75) is 65.2 Å². The molecule has 1 aliphatic heterocycles. The number of rotatable bonds is 5. The molecular weight excluding hydrogens is 470 g/mol. The number of carbonyl (C=O) groups excluding carboxylic acids is 1. The van der Waals surface area contributed by atoms with Crippen LogP contribution in [0.1, 0.15) is 60.9 Å². The number of para-hydroxylation sites is 1. The summed E-state index contributed by atoms with van der Waals surface area (Å²) in [5.74, 6) is 1.09. The standard InChI is InChI=1S/C34H37NO3/c1-23-17-24(2)19-27(18-23)31-20-28(37-32-16-9-8-15-30(31)32)22-35(33(36)38-34(3,4)5)21-26-13-10-12-25-11-6-7-14-29(25)26/h6-19,28,31H,20-22H2,1-5H3. The fourth-order valence-electron chi connectivity index (χ4n) is 5.54. The Morgan fingerprint density at radius 3 is 2.37 bits per heavy atom. The Bertz CT molecular complexity index is 1430. The molecule has 5 rings (SSSR count). The summed E-state index contributed by atoms with van der Waals surface area (Å²) in [6.45, 7) is 10.9. The zero-order chi connectivity index (χ0) is 26.9. The van der Waals surface area contributed by atoms with Crippen molar-refractivity contribution in [1.29, 1.82) is 0 Å². The third-order valence-electron chi connectivity index (χ3n) is 7.05. The van der Waals surface area contributed by atoms with Crippen LogP contribution in [0.25, 0.3) is 10.8 Å². The van der Waals surface area contributed by atoms with Gasteiger partial charge in [0.15, 0.2) is 0 Å². The first-order chi connectivity index (χ1) is 18.2. The second-order valence-electron chi connectivity index (χ2n) is 11.5. The van der Waals surface area contributed by atoms with Crippen LogP contribution in [0.15, 0.2) is 84.9 Å². The zero-order valence-corrected chi connectivity index (χ0v) is 23.0. The van der Waals surface area contributed by atoms with Crippen LogP contribution in [0.5, 0.6) is 5.75 Å². The molecule has 4 nitrogen and oxygen atoms in total. The van der Waals surface area contributed by atoms with Gasteiger partial charge in [0, 0.05) is 18.0 Å². The lowest BCUT2D eigenvalue weighted by atomic mass is 9.83. The highest BCUT2D eigenvalue weighted by Gasteiger charge is 2.33. The van der Waals surface area contributed by atoms with E-state index in [0.717, 1.165) is 28.5 Å². The molecule has 1 heterocycles. The lowest BCUT2D eigenvalue weighted by Gasteiger charge is -2.36. The summed E-state index contributed by atoms with van der Waals surface area (Å²) in [4.78, 5) is 15.3. The maximum atomic E-state index is 13.5. The maximum absolute atomic E-state index is 13.5. The molecule has 0 radical (unpaired) electrons. The Morgan fingerprint density at radius 1 is 0.921 bits per heavy atom. The molecule has 0 saturated heterocycles. The minimum absolute atomic E-state index is 0.168. The third kappa shape index (κ3) is 5.85. The van der Waals surface area contributed by atoms with Crippen molar-refractivity contribution >= 4 is 16.9 Å². The predicted octanol–water partition coefficient (Wildman–Crippen LogP) is 8.18. The smallest absolute Gasteiger partial charge is 0.410 e. The number of benzene rings is 4. The van der Waals surface area contributed by atoms with Crippen LogP contribution in [0, 0.1) is 13.8 Å². The number of hydrogen-bond donors (Lipinski definition) is 0. The molecule has 2 unspecified atom stereocenters. The molecule has 0 bridgehead atoms. The molecule has 196 valence electrons. The van der Waals surface area contributed by atoms with Crippen LogP contribution in [0.3, 0.4) is 0 Å². The Kier molecular flexibility index (Phi) is 7.16. The van der Waals surface area contributed by atoms with Crippen molar-refractivity contribution in [3.05, 3.63) is 113 Å². The Labute approximate surface area is 226 Å². The quantitative estimate of drug-likeness (QED) is 0.273. The van der Waals surface area contributed by atoms with Gasteiger partial charge in [-0.3, -0.25) is 0 Å². The normalized spacial score (nSPS) is 17.0. The number of hydrogen-bond acceptors (Lipinski definition) is 3. The minimum atomic E-state index is -0.588. The SMILES string of the molecule is Cc1cc(C)cc(C2CC(CN(Cc3cccc4ccccc34)C(=O)OC(C)(C)C)Oc3ccccc32)c1. The van der Waals surface area contributed by atoms with Crippen molar-refractivity contribution in [2.75, 3.05) is 6.54 Å². The summed E-state index contributed by atoms with van der Waals surface area (Å²) in [6.07, 6.45) is 0.295. The number of aryl methyl sites for hydroxylation is 2. The van der Waals surface area contributed by atoms with E-state index >= 15 is 0 Å². The van der Waals surface area contributed by atoms with Crippen molar-refractivity contribution in [2.24, 2.45) is 0 Å². The highest BCUT2D eigenvalue weighted by atomic mass is 16.6. The Balaban J connectivity index is 1.47. The average molecular weight is 508 g/mol. The first-order valence-electron chi connectivity index (χ1n) is 13.4. The summed E-state index contributed by atoms with van der Waals surface area (Å²) in [6, 6.07) is 29.6. The van der Waals surface area contributed by atoms with Crippen LogP contribution in [0.4, 0.5) is 4.79 Å². The summed E-state index contributed by atoms with van der Waals surface area (Å²) >= 11 is 0. The number of ether oxygens (including phenoxy) is 2. The van der Waals surface area contributed by atoms with E-state index in [1.54, 1.807) is 0 Å². The second-order valence-corrected chi connectivity index (χ2v) is 11.5. The summed E-state index contributed by atoms with van der Waals surface area (Å²) in [7, 11) is 0. The molecule has 38 heavy (non-hydrogen) atoms. The molecule has 1 aliphatic rings. The summed E-state index contributed by atoms with van der Waals surface area (Å²) in [5, 5.41) is 2.30. The lowest BCUT2D eigenvalue weighted by molar-refractivity contribution is 0.0129. The van der Waals surface area contributed by atoms with E-state index in [0.29, 0.717) is 13.1 Å². The largest absolute Gasteiger partial charge is 0.488 e. The molecule has 0 aromatic heterocycles. The molecule has 0 spiro atoms. The van der Waals surface area contributed by atoms with Gasteiger partial charge in [0.25, 0.3) is 0 Å². The monoisotopic (exact) mass is 507 g/mol. The van der Waals surface area contributed by atoms with Gasteiger partial charge in [-0.15, -0.1) is 0 Å². The van der Waals surface area contributed by atoms with E-state index in [-0.39, 0.29) is 18.1 Å².